The summed E-state index contributed by atoms with van der Waals surface area (Å²) in [5.74, 6) is -1.58. The number of benzene rings is 1. The van der Waals surface area contributed by atoms with E-state index in [1.807, 2.05) is 30.3 Å². The summed E-state index contributed by atoms with van der Waals surface area (Å²) in [5.41, 5.74) is 0.277. The van der Waals surface area contributed by atoms with E-state index in [2.05, 4.69) is 5.32 Å². The number of hydrogen-bond donors (Lipinski definition) is 2. The Hall–Kier alpha value is -2.61. The Morgan fingerprint density at radius 1 is 1.25 bits per heavy atom. The van der Waals surface area contributed by atoms with Gasteiger partial charge in [0, 0.05) is 13.0 Å². The third-order valence-electron chi connectivity index (χ3n) is 4.26. The molecule has 0 radical (unpaired) electrons. The van der Waals surface area contributed by atoms with Crippen molar-refractivity contribution in [3.8, 4) is 0 Å². The molecule has 1 fully saturated rings. The predicted octanol–water partition coefficient (Wildman–Crippen LogP) is 2.17. The molecule has 0 aromatic heterocycles. The van der Waals surface area contributed by atoms with Gasteiger partial charge in [0.25, 0.3) is 0 Å². The summed E-state index contributed by atoms with van der Waals surface area (Å²) in [4.78, 5) is 37.5. The molecule has 1 unspecified atom stereocenters. The number of amides is 2. The fourth-order valence-electron chi connectivity index (χ4n) is 2.98. The van der Waals surface area contributed by atoms with Crippen LogP contribution < -0.4 is 5.32 Å². The normalized spacial score (nSPS) is 20.5. The van der Waals surface area contributed by atoms with Gasteiger partial charge < -0.3 is 24.8 Å². The van der Waals surface area contributed by atoms with Crippen LogP contribution in [-0.2, 0) is 25.7 Å². The average Bonchev–Trinajstić information content (AvgIpc) is 3.03. The maximum Gasteiger partial charge on any atom is 0.408 e. The highest BCUT2D eigenvalue weighted by Gasteiger charge is 2.41. The predicted molar refractivity (Wildman–Crippen MR) is 102 cm³/mol. The van der Waals surface area contributed by atoms with Gasteiger partial charge in [-0.3, -0.25) is 4.79 Å². The van der Waals surface area contributed by atoms with Gasteiger partial charge in [-0.2, -0.15) is 0 Å². The van der Waals surface area contributed by atoms with Gasteiger partial charge in [0.05, 0.1) is 12.7 Å². The van der Waals surface area contributed by atoms with Crippen LogP contribution in [0.2, 0.25) is 0 Å². The van der Waals surface area contributed by atoms with Gasteiger partial charge in [-0.05, 0) is 33.3 Å². The first kappa shape index (κ1) is 21.7. The number of ether oxygens (including phenoxy) is 2. The summed E-state index contributed by atoms with van der Waals surface area (Å²) in [6.07, 6.45) is -0.914. The van der Waals surface area contributed by atoms with Crippen LogP contribution in [0.25, 0.3) is 0 Å². The van der Waals surface area contributed by atoms with Gasteiger partial charge in [0.2, 0.25) is 5.91 Å². The van der Waals surface area contributed by atoms with Crippen LogP contribution in [0.3, 0.4) is 0 Å². The Morgan fingerprint density at radius 2 is 1.89 bits per heavy atom. The Kier molecular flexibility index (Phi) is 7.01. The molecule has 1 aromatic carbocycles. The molecule has 2 rings (SSSR count). The minimum Gasteiger partial charge on any atom is -0.480 e. The molecule has 8 nitrogen and oxygen atoms in total. The zero-order valence-corrected chi connectivity index (χ0v) is 16.7. The molecule has 0 bridgehead atoms. The van der Waals surface area contributed by atoms with Crippen molar-refractivity contribution >= 4 is 18.0 Å². The average molecular weight is 392 g/mol. The molecule has 1 aliphatic rings. The van der Waals surface area contributed by atoms with E-state index in [0.29, 0.717) is 6.61 Å². The van der Waals surface area contributed by atoms with E-state index in [0.717, 1.165) is 5.56 Å². The topological polar surface area (TPSA) is 105 Å². The fraction of sp³-hybridized carbons (Fsp3) is 0.550. The maximum absolute atomic E-state index is 12.7. The quantitative estimate of drug-likeness (QED) is 0.769. The van der Waals surface area contributed by atoms with E-state index in [4.69, 9.17) is 9.47 Å². The van der Waals surface area contributed by atoms with Crippen molar-refractivity contribution in [1.29, 1.82) is 0 Å². The lowest BCUT2D eigenvalue weighted by atomic mass is 10.2. The third-order valence-corrected chi connectivity index (χ3v) is 4.26. The van der Waals surface area contributed by atoms with Crippen LogP contribution in [0.1, 0.15) is 39.7 Å². The van der Waals surface area contributed by atoms with Crippen LogP contribution in [0, 0.1) is 0 Å². The minimum absolute atomic E-state index is 0.156. The second kappa shape index (κ2) is 9.05. The molecule has 28 heavy (non-hydrogen) atoms. The SMILES string of the molecule is C[C@H](NC(=O)OC(C)(C)C)C(=O)N1CC(OCc2ccccc2)C[C@H]1C(=O)O. The standard InChI is InChI=1S/C20H28N2O6/c1-13(21-19(26)28-20(2,3)4)17(23)22-11-15(10-16(22)18(24)25)27-12-14-8-6-5-7-9-14/h5-9,13,15-16H,10-12H2,1-4H3,(H,21,26)(H,24,25)/t13-,15?,16-/m0/s1. The lowest BCUT2D eigenvalue weighted by Crippen LogP contribution is -2.51. The molecule has 0 saturated carbocycles. The van der Waals surface area contributed by atoms with Gasteiger partial charge >= 0.3 is 12.1 Å². The van der Waals surface area contributed by atoms with E-state index < -0.39 is 35.7 Å². The first-order valence-corrected chi connectivity index (χ1v) is 9.25. The number of aliphatic carboxylic acids is 1. The molecule has 8 heteroatoms. The molecule has 154 valence electrons. The molecule has 2 amide bonds. The zero-order chi connectivity index (χ0) is 20.9. The number of carboxylic acids is 1. The molecule has 1 heterocycles. The summed E-state index contributed by atoms with van der Waals surface area (Å²) in [5, 5.41) is 11.9. The number of likely N-dealkylation sites (tertiary alicyclic amines) is 1. The van der Waals surface area contributed by atoms with Crippen LogP contribution in [0.15, 0.2) is 30.3 Å². The van der Waals surface area contributed by atoms with Crippen molar-refractivity contribution in [3.63, 3.8) is 0 Å². The highest BCUT2D eigenvalue weighted by atomic mass is 16.6. The van der Waals surface area contributed by atoms with Crippen molar-refractivity contribution in [3.05, 3.63) is 35.9 Å². The smallest absolute Gasteiger partial charge is 0.408 e. The molecule has 1 aromatic rings. The maximum atomic E-state index is 12.7. The summed E-state index contributed by atoms with van der Waals surface area (Å²) in [6, 6.07) is 7.62. The number of nitrogens with one attached hydrogen (secondary N) is 1. The van der Waals surface area contributed by atoms with Crippen molar-refractivity contribution < 1.29 is 29.0 Å². The summed E-state index contributed by atoms with van der Waals surface area (Å²) < 4.78 is 10.9. The van der Waals surface area contributed by atoms with Crippen molar-refractivity contribution in [2.24, 2.45) is 0 Å². The number of carboxylic acid groups (broad SMARTS) is 1. The number of hydrogen-bond acceptors (Lipinski definition) is 5. The van der Waals surface area contributed by atoms with Gasteiger partial charge in [0.1, 0.15) is 17.7 Å². The highest BCUT2D eigenvalue weighted by molar-refractivity contribution is 5.89. The Balaban J connectivity index is 1.96. The Bertz CT molecular complexity index is 700. The summed E-state index contributed by atoms with van der Waals surface area (Å²) in [6.45, 7) is 7.15. The monoisotopic (exact) mass is 392 g/mol. The number of alkyl carbamates (subject to hydrolysis) is 1. The van der Waals surface area contributed by atoms with Crippen LogP contribution in [0.4, 0.5) is 4.79 Å². The summed E-state index contributed by atoms with van der Waals surface area (Å²) in [7, 11) is 0. The van der Waals surface area contributed by atoms with Gasteiger partial charge in [-0.15, -0.1) is 0 Å². The van der Waals surface area contributed by atoms with E-state index in [-0.39, 0.29) is 19.1 Å². The minimum atomic E-state index is -1.09. The Labute approximate surface area is 164 Å². The van der Waals surface area contributed by atoms with Crippen molar-refractivity contribution in [1.82, 2.24) is 10.2 Å². The van der Waals surface area contributed by atoms with E-state index in [1.165, 1.54) is 11.8 Å². The van der Waals surface area contributed by atoms with Gasteiger partial charge in [-0.25, -0.2) is 9.59 Å². The fourth-order valence-corrected chi connectivity index (χ4v) is 2.98. The number of nitrogens with zero attached hydrogens (tertiary/aromatic N) is 1. The highest BCUT2D eigenvalue weighted by Crippen LogP contribution is 2.23. The lowest BCUT2D eigenvalue weighted by Gasteiger charge is -2.26. The molecule has 1 aliphatic heterocycles. The molecule has 2 N–H and O–H groups in total. The molecule has 3 atom stereocenters. The Morgan fingerprint density at radius 3 is 2.46 bits per heavy atom. The number of rotatable bonds is 6. The molecular weight excluding hydrogens is 364 g/mol. The largest absolute Gasteiger partial charge is 0.480 e. The van der Waals surface area contributed by atoms with Crippen molar-refractivity contribution in [2.75, 3.05) is 6.54 Å². The third kappa shape index (κ3) is 6.23. The summed E-state index contributed by atoms with van der Waals surface area (Å²) >= 11 is 0. The zero-order valence-electron chi connectivity index (χ0n) is 16.7. The van der Waals surface area contributed by atoms with Crippen LogP contribution in [0.5, 0.6) is 0 Å². The lowest BCUT2D eigenvalue weighted by molar-refractivity contribution is -0.148. The van der Waals surface area contributed by atoms with Crippen LogP contribution >= 0.6 is 0 Å². The van der Waals surface area contributed by atoms with E-state index >= 15 is 0 Å². The second-order valence-corrected chi connectivity index (χ2v) is 7.87. The number of carbonyl (C=O) groups is 3. The van der Waals surface area contributed by atoms with Crippen LogP contribution in [-0.4, -0.2) is 58.3 Å². The first-order chi connectivity index (χ1) is 13.1. The molecule has 1 saturated heterocycles. The van der Waals surface area contributed by atoms with Gasteiger partial charge in [0.15, 0.2) is 0 Å². The van der Waals surface area contributed by atoms with E-state index in [9.17, 15) is 19.5 Å². The molecule has 0 aliphatic carbocycles. The molecular formula is C20H28N2O6. The van der Waals surface area contributed by atoms with E-state index in [1.54, 1.807) is 20.8 Å². The first-order valence-electron chi connectivity index (χ1n) is 9.25. The number of carbonyl (C=O) groups excluding carboxylic acids is 2. The van der Waals surface area contributed by atoms with Gasteiger partial charge in [-0.1, -0.05) is 30.3 Å². The molecule has 0 spiro atoms. The van der Waals surface area contributed by atoms with Crippen molar-refractivity contribution in [2.45, 2.75) is 64.5 Å². The second-order valence-electron chi connectivity index (χ2n) is 7.87.